The molecule has 1 aromatic carbocycles. The molecule has 0 saturated heterocycles. The van der Waals surface area contributed by atoms with Gasteiger partial charge < -0.3 is 10.1 Å². The van der Waals surface area contributed by atoms with Gasteiger partial charge in [-0.15, -0.1) is 0 Å². The zero-order chi connectivity index (χ0) is 18.1. The van der Waals surface area contributed by atoms with Crippen LogP contribution in [-0.4, -0.2) is 26.5 Å². The van der Waals surface area contributed by atoms with Crippen LogP contribution < -0.4 is 0 Å². The molecule has 5 nitrogen and oxygen atoms in total. The van der Waals surface area contributed by atoms with Gasteiger partial charge in [0.05, 0.1) is 4.92 Å². The van der Waals surface area contributed by atoms with Crippen LogP contribution in [0.3, 0.4) is 0 Å². The van der Waals surface area contributed by atoms with Crippen molar-refractivity contribution < 1.29 is 23.2 Å². The van der Waals surface area contributed by atoms with E-state index >= 15 is 0 Å². The van der Waals surface area contributed by atoms with Gasteiger partial charge in [-0.2, -0.15) is 24.9 Å². The number of aliphatic hydroxyl groups is 1. The molecule has 0 saturated carbocycles. The molecule has 24 heavy (non-hydrogen) atoms. The number of hydrogen-bond acceptors (Lipinski definition) is 4. The van der Waals surface area contributed by atoms with Gasteiger partial charge in [0.2, 0.25) is 0 Å². The summed E-state index contributed by atoms with van der Waals surface area (Å²) in [4.78, 5) is 12.7. The molecule has 0 spiro atoms. The fourth-order valence-corrected chi connectivity index (χ4v) is 3.34. The van der Waals surface area contributed by atoms with Gasteiger partial charge in [-0.05, 0) is 24.3 Å². The van der Waals surface area contributed by atoms with Gasteiger partial charge in [-0.25, -0.2) is 0 Å². The summed E-state index contributed by atoms with van der Waals surface area (Å²) in [6.07, 6.45) is -4.47. The molecular weight excluding hydrogens is 345 g/mol. The Morgan fingerprint density at radius 1 is 1.29 bits per heavy atom. The van der Waals surface area contributed by atoms with Crippen LogP contribution in [-0.2, 0) is 11.8 Å². The van der Waals surface area contributed by atoms with E-state index in [1.54, 1.807) is 6.92 Å². The minimum atomic E-state index is -4.83. The molecule has 1 unspecified atom stereocenters. The summed E-state index contributed by atoms with van der Waals surface area (Å²) in [5, 5.41) is 21.9. The lowest BCUT2D eigenvalue weighted by Gasteiger charge is -2.25. The number of benzene rings is 1. The molecule has 0 radical (unpaired) electrons. The fourth-order valence-electron chi connectivity index (χ4n) is 2.44. The first-order valence-electron chi connectivity index (χ1n) is 7.31. The van der Waals surface area contributed by atoms with Crippen LogP contribution in [0, 0.1) is 10.1 Å². The van der Waals surface area contributed by atoms with Crippen molar-refractivity contribution in [3.8, 4) is 0 Å². The first kappa shape index (κ1) is 18.6. The molecule has 1 aromatic heterocycles. The number of aromatic nitrogens is 1. The van der Waals surface area contributed by atoms with Gasteiger partial charge in [0, 0.05) is 28.4 Å². The van der Waals surface area contributed by atoms with Gasteiger partial charge in [-0.3, -0.25) is 10.1 Å². The van der Waals surface area contributed by atoms with E-state index in [2.05, 4.69) is 4.98 Å². The summed E-state index contributed by atoms with van der Waals surface area (Å²) < 4.78 is 39.1. The van der Waals surface area contributed by atoms with Crippen molar-refractivity contribution in [2.75, 3.05) is 11.5 Å². The van der Waals surface area contributed by atoms with Crippen LogP contribution in [0.15, 0.2) is 18.2 Å². The maximum absolute atomic E-state index is 13.0. The molecule has 0 aliphatic carbocycles. The molecule has 0 amide bonds. The number of fused-ring (bicyclic) bond motifs is 1. The number of aromatic amines is 1. The Hall–Kier alpha value is -1.74. The van der Waals surface area contributed by atoms with Gasteiger partial charge in [-0.1, -0.05) is 13.8 Å². The number of nitro benzene ring substituents is 1. The molecule has 0 fully saturated rings. The molecular formula is C15H17F3N2O3S. The molecule has 0 aliphatic rings. The van der Waals surface area contributed by atoms with Crippen molar-refractivity contribution in [2.24, 2.45) is 0 Å². The standard InChI is InChI=1S/C15H17F3N2O3S/c1-3-14(21,8-24-4-2)13-6-9-5-12(20(22)23)10(15(16,17)18)7-11(9)19-13/h5-7,19,21H,3-4,8H2,1-2H3. The van der Waals surface area contributed by atoms with Crippen LogP contribution in [0.25, 0.3) is 10.9 Å². The Bertz CT molecular complexity index is 760. The first-order valence-corrected chi connectivity index (χ1v) is 8.46. The number of nitrogens with one attached hydrogen (secondary N) is 1. The second kappa shape index (κ2) is 6.64. The Labute approximate surface area is 140 Å². The molecule has 2 aromatic rings. The second-order valence-electron chi connectivity index (χ2n) is 5.42. The molecule has 2 N–H and O–H groups in total. The Morgan fingerprint density at radius 3 is 2.46 bits per heavy atom. The van der Waals surface area contributed by atoms with E-state index in [1.165, 1.54) is 17.8 Å². The summed E-state index contributed by atoms with van der Waals surface area (Å²) in [6, 6.07) is 3.09. The van der Waals surface area contributed by atoms with Crippen molar-refractivity contribution in [3.63, 3.8) is 0 Å². The monoisotopic (exact) mass is 362 g/mol. The van der Waals surface area contributed by atoms with Crippen LogP contribution in [0.2, 0.25) is 0 Å². The third-order valence-corrected chi connectivity index (χ3v) is 4.96. The van der Waals surface area contributed by atoms with E-state index < -0.39 is 28.0 Å². The van der Waals surface area contributed by atoms with Crippen LogP contribution in [0.4, 0.5) is 18.9 Å². The minimum absolute atomic E-state index is 0.108. The lowest BCUT2D eigenvalue weighted by molar-refractivity contribution is -0.387. The number of hydrogen-bond donors (Lipinski definition) is 2. The second-order valence-corrected chi connectivity index (χ2v) is 6.69. The summed E-state index contributed by atoms with van der Waals surface area (Å²) in [6.45, 7) is 3.70. The van der Waals surface area contributed by atoms with Crippen LogP contribution >= 0.6 is 11.8 Å². The third kappa shape index (κ3) is 3.51. The highest BCUT2D eigenvalue weighted by atomic mass is 32.2. The summed E-state index contributed by atoms with van der Waals surface area (Å²) in [5.74, 6) is 1.16. The fraction of sp³-hybridized carbons (Fsp3) is 0.467. The summed E-state index contributed by atoms with van der Waals surface area (Å²) in [5.41, 5.74) is -3.07. The summed E-state index contributed by atoms with van der Waals surface area (Å²) >= 11 is 1.50. The molecule has 2 rings (SSSR count). The van der Waals surface area contributed by atoms with Crippen LogP contribution in [0.1, 0.15) is 31.5 Å². The minimum Gasteiger partial charge on any atom is -0.383 e. The lowest BCUT2D eigenvalue weighted by atomic mass is 9.99. The van der Waals surface area contributed by atoms with Gasteiger partial charge in [0.15, 0.2) is 0 Å². The van der Waals surface area contributed by atoms with Crippen molar-refractivity contribution in [1.82, 2.24) is 4.98 Å². The first-order chi connectivity index (χ1) is 11.1. The predicted octanol–water partition coefficient (Wildman–Crippen LogP) is 4.45. The topological polar surface area (TPSA) is 79.2 Å². The average Bonchev–Trinajstić information content (AvgIpc) is 2.94. The molecule has 9 heteroatoms. The SMILES string of the molecule is CCSCC(O)(CC)c1cc2cc([N+](=O)[O-])c(C(F)(F)F)cc2[nH]1. The highest BCUT2D eigenvalue weighted by Crippen LogP contribution is 2.39. The number of halogens is 3. The number of H-pyrrole nitrogens is 1. The highest BCUT2D eigenvalue weighted by molar-refractivity contribution is 7.99. The van der Waals surface area contributed by atoms with E-state index in [4.69, 9.17) is 0 Å². The Balaban J connectivity index is 2.60. The van der Waals surface area contributed by atoms with Crippen LogP contribution in [0.5, 0.6) is 0 Å². The Kier molecular flexibility index (Phi) is 5.14. The highest BCUT2D eigenvalue weighted by Gasteiger charge is 2.39. The summed E-state index contributed by atoms with van der Waals surface area (Å²) in [7, 11) is 0. The largest absolute Gasteiger partial charge is 0.423 e. The van der Waals surface area contributed by atoms with Gasteiger partial charge in [0.1, 0.15) is 11.2 Å². The smallest absolute Gasteiger partial charge is 0.383 e. The van der Waals surface area contributed by atoms with E-state index in [1.807, 2.05) is 6.92 Å². The average molecular weight is 362 g/mol. The Morgan fingerprint density at radius 2 is 1.96 bits per heavy atom. The lowest BCUT2D eigenvalue weighted by Crippen LogP contribution is -2.28. The maximum Gasteiger partial charge on any atom is 0.423 e. The normalized spacial score (nSPS) is 14.8. The molecule has 132 valence electrons. The number of nitrogens with zero attached hydrogens (tertiary/aromatic N) is 1. The van der Waals surface area contributed by atoms with Crippen molar-refractivity contribution in [3.05, 3.63) is 39.6 Å². The van der Waals surface area contributed by atoms with Crippen molar-refractivity contribution in [2.45, 2.75) is 32.0 Å². The molecule has 1 heterocycles. The van der Waals surface area contributed by atoms with E-state index in [9.17, 15) is 28.4 Å². The number of rotatable bonds is 6. The zero-order valence-electron chi connectivity index (χ0n) is 13.1. The number of alkyl halides is 3. The van der Waals surface area contributed by atoms with Gasteiger partial charge in [0.25, 0.3) is 5.69 Å². The predicted molar refractivity (Wildman–Crippen MR) is 87.1 cm³/mol. The van der Waals surface area contributed by atoms with E-state index in [0.717, 1.165) is 17.9 Å². The van der Waals surface area contributed by atoms with Crippen molar-refractivity contribution >= 4 is 28.4 Å². The number of thioether (sulfide) groups is 1. The molecule has 0 aliphatic heterocycles. The number of nitro groups is 1. The molecule has 1 atom stereocenters. The molecule has 0 bridgehead atoms. The third-order valence-electron chi connectivity index (χ3n) is 3.87. The maximum atomic E-state index is 13.0. The van der Waals surface area contributed by atoms with Crippen molar-refractivity contribution in [1.29, 1.82) is 0 Å². The zero-order valence-corrected chi connectivity index (χ0v) is 13.9. The van der Waals surface area contributed by atoms with E-state index in [-0.39, 0.29) is 10.9 Å². The quantitative estimate of drug-likeness (QED) is 0.588. The van der Waals surface area contributed by atoms with E-state index in [0.29, 0.717) is 17.9 Å². The van der Waals surface area contributed by atoms with Gasteiger partial charge >= 0.3 is 6.18 Å².